The summed E-state index contributed by atoms with van der Waals surface area (Å²) in [6.07, 6.45) is 4.29. The summed E-state index contributed by atoms with van der Waals surface area (Å²) in [5.74, 6) is 1.30. The van der Waals surface area contributed by atoms with Crippen LogP contribution < -0.4 is 0 Å². The molecular weight excluding hydrogens is 198 g/mol. The smallest absolute Gasteiger partial charge is 0.225 e. The van der Waals surface area contributed by atoms with Crippen LogP contribution in [-0.2, 0) is 4.79 Å². The monoisotopic (exact) mass is 217 g/mol. The molecule has 14 heavy (non-hydrogen) atoms. The molecular formula is C11H20ClNO. The Kier molecular flexibility index (Phi) is 4.73. The van der Waals surface area contributed by atoms with Gasteiger partial charge in [0.1, 0.15) is 0 Å². The fourth-order valence-corrected chi connectivity index (χ4v) is 1.86. The number of hydrogen-bond acceptors (Lipinski definition) is 1. The molecule has 1 fully saturated rings. The highest BCUT2D eigenvalue weighted by Gasteiger charge is 2.30. The molecule has 0 N–H and O–H groups in total. The third-order valence-corrected chi connectivity index (χ3v) is 3.16. The molecule has 3 heteroatoms. The molecule has 0 spiro atoms. The van der Waals surface area contributed by atoms with Crippen LogP contribution in [0.3, 0.4) is 0 Å². The Morgan fingerprint density at radius 2 is 2.14 bits per heavy atom. The van der Waals surface area contributed by atoms with Crippen molar-refractivity contribution >= 4 is 17.5 Å². The molecule has 0 aliphatic heterocycles. The van der Waals surface area contributed by atoms with Gasteiger partial charge in [0.2, 0.25) is 5.91 Å². The first kappa shape index (κ1) is 11.8. The number of carbonyl (C=O) groups is 1. The van der Waals surface area contributed by atoms with Crippen LogP contribution >= 0.6 is 11.6 Å². The molecule has 0 atom stereocenters. The molecule has 1 saturated carbocycles. The van der Waals surface area contributed by atoms with Gasteiger partial charge in [0.15, 0.2) is 0 Å². The van der Waals surface area contributed by atoms with Gasteiger partial charge in [-0.1, -0.05) is 6.42 Å². The predicted molar refractivity (Wildman–Crippen MR) is 59.5 cm³/mol. The largest absolute Gasteiger partial charge is 0.340 e. The maximum atomic E-state index is 12.0. The van der Waals surface area contributed by atoms with E-state index in [9.17, 15) is 4.79 Å². The summed E-state index contributed by atoms with van der Waals surface area (Å²) < 4.78 is 0. The fraction of sp³-hybridized carbons (Fsp3) is 0.909. The molecule has 0 aromatic heterocycles. The number of carbonyl (C=O) groups excluding carboxylic acids is 1. The molecule has 82 valence electrons. The van der Waals surface area contributed by atoms with Gasteiger partial charge in [0.05, 0.1) is 0 Å². The summed E-state index contributed by atoms with van der Waals surface area (Å²) in [5, 5.41) is 0. The summed E-state index contributed by atoms with van der Waals surface area (Å²) in [5.41, 5.74) is 0. The summed E-state index contributed by atoms with van der Waals surface area (Å²) >= 11 is 5.64. The van der Waals surface area contributed by atoms with Crippen LogP contribution in [0.1, 0.15) is 39.5 Å². The minimum Gasteiger partial charge on any atom is -0.340 e. The van der Waals surface area contributed by atoms with Gasteiger partial charge in [-0.2, -0.15) is 0 Å². The van der Waals surface area contributed by atoms with Gasteiger partial charge in [0.25, 0.3) is 0 Å². The van der Waals surface area contributed by atoms with Crippen molar-refractivity contribution in [2.24, 2.45) is 5.92 Å². The first-order chi connectivity index (χ1) is 6.66. The lowest BCUT2D eigenvalue weighted by molar-refractivity contribution is -0.139. The van der Waals surface area contributed by atoms with Gasteiger partial charge in [-0.05, 0) is 33.1 Å². The van der Waals surface area contributed by atoms with Gasteiger partial charge in [-0.3, -0.25) is 4.79 Å². The van der Waals surface area contributed by atoms with E-state index in [0.29, 0.717) is 23.7 Å². The summed E-state index contributed by atoms with van der Waals surface area (Å²) in [7, 11) is 0. The number of hydrogen-bond donors (Lipinski definition) is 0. The van der Waals surface area contributed by atoms with Crippen LogP contribution in [0.2, 0.25) is 0 Å². The van der Waals surface area contributed by atoms with E-state index >= 15 is 0 Å². The van der Waals surface area contributed by atoms with Crippen LogP contribution in [-0.4, -0.2) is 29.3 Å². The number of alkyl halides is 1. The SMILES string of the molecule is CC(C)N(CCCCl)C(=O)C1CCC1. The van der Waals surface area contributed by atoms with E-state index < -0.39 is 0 Å². The van der Waals surface area contributed by atoms with Crippen molar-refractivity contribution in [1.29, 1.82) is 0 Å². The van der Waals surface area contributed by atoms with Crippen LogP contribution in [0.4, 0.5) is 0 Å². The van der Waals surface area contributed by atoms with Crippen LogP contribution in [0.15, 0.2) is 0 Å². The molecule has 1 rings (SSSR count). The van der Waals surface area contributed by atoms with E-state index in [-0.39, 0.29) is 0 Å². The highest BCUT2D eigenvalue weighted by atomic mass is 35.5. The maximum Gasteiger partial charge on any atom is 0.225 e. The maximum absolute atomic E-state index is 12.0. The van der Waals surface area contributed by atoms with E-state index in [0.717, 1.165) is 25.8 Å². The first-order valence-corrected chi connectivity index (χ1v) is 6.06. The molecule has 0 aromatic carbocycles. The van der Waals surface area contributed by atoms with Crippen molar-refractivity contribution in [2.75, 3.05) is 12.4 Å². The van der Waals surface area contributed by atoms with E-state index in [1.807, 2.05) is 4.90 Å². The van der Waals surface area contributed by atoms with E-state index in [1.54, 1.807) is 0 Å². The number of amides is 1. The molecule has 2 nitrogen and oxygen atoms in total. The molecule has 0 bridgehead atoms. The lowest BCUT2D eigenvalue weighted by Gasteiger charge is -2.34. The van der Waals surface area contributed by atoms with Crippen LogP contribution in [0, 0.1) is 5.92 Å². The first-order valence-electron chi connectivity index (χ1n) is 5.53. The number of halogens is 1. The molecule has 0 unspecified atom stereocenters. The fourth-order valence-electron chi connectivity index (χ4n) is 1.74. The molecule has 0 saturated heterocycles. The zero-order chi connectivity index (χ0) is 10.6. The third-order valence-electron chi connectivity index (χ3n) is 2.89. The number of nitrogens with zero attached hydrogens (tertiary/aromatic N) is 1. The van der Waals surface area contributed by atoms with Gasteiger partial charge in [-0.25, -0.2) is 0 Å². The zero-order valence-electron chi connectivity index (χ0n) is 9.13. The van der Waals surface area contributed by atoms with Crippen molar-refractivity contribution in [3.05, 3.63) is 0 Å². The minimum atomic E-state index is 0.311. The third kappa shape index (κ3) is 2.88. The highest BCUT2D eigenvalue weighted by molar-refractivity contribution is 6.17. The Hall–Kier alpha value is -0.240. The summed E-state index contributed by atoms with van der Waals surface area (Å²) in [6, 6.07) is 0.311. The van der Waals surface area contributed by atoms with Crippen molar-refractivity contribution in [2.45, 2.75) is 45.6 Å². The normalized spacial score (nSPS) is 16.9. The molecule has 1 amide bonds. The second kappa shape index (κ2) is 5.59. The number of rotatable bonds is 5. The Balaban J connectivity index is 2.43. The molecule has 1 aliphatic carbocycles. The quantitative estimate of drug-likeness (QED) is 0.649. The summed E-state index contributed by atoms with van der Waals surface area (Å²) in [4.78, 5) is 13.9. The predicted octanol–water partition coefficient (Wildman–Crippen LogP) is 2.65. The molecule has 1 aliphatic rings. The van der Waals surface area contributed by atoms with Crippen molar-refractivity contribution < 1.29 is 4.79 Å². The Bertz CT molecular complexity index is 190. The standard InChI is InChI=1S/C11H20ClNO/c1-9(2)13(8-4-7-12)11(14)10-5-3-6-10/h9-10H,3-8H2,1-2H3. The van der Waals surface area contributed by atoms with Gasteiger partial charge in [0, 0.05) is 24.4 Å². The topological polar surface area (TPSA) is 20.3 Å². The summed E-state index contributed by atoms with van der Waals surface area (Å²) in [6.45, 7) is 4.96. The Labute approximate surface area is 91.6 Å². The van der Waals surface area contributed by atoms with Crippen molar-refractivity contribution in [1.82, 2.24) is 4.90 Å². The zero-order valence-corrected chi connectivity index (χ0v) is 9.89. The second-order valence-electron chi connectivity index (χ2n) is 4.30. The van der Waals surface area contributed by atoms with Crippen molar-refractivity contribution in [3.63, 3.8) is 0 Å². The molecule has 0 radical (unpaired) electrons. The Morgan fingerprint density at radius 3 is 2.50 bits per heavy atom. The average molecular weight is 218 g/mol. The molecule has 0 aromatic rings. The van der Waals surface area contributed by atoms with Crippen LogP contribution in [0.25, 0.3) is 0 Å². The minimum absolute atomic E-state index is 0.311. The van der Waals surface area contributed by atoms with Gasteiger partial charge >= 0.3 is 0 Å². The van der Waals surface area contributed by atoms with Crippen LogP contribution in [0.5, 0.6) is 0 Å². The van der Waals surface area contributed by atoms with Crippen molar-refractivity contribution in [3.8, 4) is 0 Å². The lowest BCUT2D eigenvalue weighted by Crippen LogP contribution is -2.43. The van der Waals surface area contributed by atoms with Gasteiger partial charge < -0.3 is 4.90 Å². The average Bonchev–Trinajstić information content (AvgIpc) is 2.01. The van der Waals surface area contributed by atoms with Gasteiger partial charge in [-0.15, -0.1) is 11.6 Å². The molecule has 0 heterocycles. The Morgan fingerprint density at radius 1 is 1.50 bits per heavy atom. The second-order valence-corrected chi connectivity index (χ2v) is 4.67. The van der Waals surface area contributed by atoms with E-state index in [1.165, 1.54) is 6.42 Å². The van der Waals surface area contributed by atoms with E-state index in [2.05, 4.69) is 13.8 Å². The highest BCUT2D eigenvalue weighted by Crippen LogP contribution is 2.28. The lowest BCUT2D eigenvalue weighted by atomic mass is 9.84. The van der Waals surface area contributed by atoms with E-state index in [4.69, 9.17) is 11.6 Å².